The third-order valence-electron chi connectivity index (χ3n) is 5.39. The Balaban J connectivity index is 1.44. The van der Waals surface area contributed by atoms with E-state index in [1.165, 1.54) is 6.07 Å². The smallest absolute Gasteiger partial charge is 0.255 e. The van der Waals surface area contributed by atoms with Crippen LogP contribution in [0.5, 0.6) is 0 Å². The molecule has 2 saturated heterocycles. The minimum atomic E-state index is -0.349. The van der Waals surface area contributed by atoms with Crippen LogP contribution in [-0.2, 0) is 4.74 Å². The van der Waals surface area contributed by atoms with Crippen molar-refractivity contribution in [2.45, 2.75) is 0 Å². The van der Waals surface area contributed by atoms with E-state index >= 15 is 0 Å². The summed E-state index contributed by atoms with van der Waals surface area (Å²) in [6, 6.07) is 8.27. The maximum Gasteiger partial charge on any atom is 0.255 e. The molecular weight excluding hydrogens is 373 g/mol. The maximum atomic E-state index is 14.6. The molecule has 2 aliphatic heterocycles. The first-order chi connectivity index (χ1) is 14.1. The molecule has 8 heteroatoms. The normalized spacial score (nSPS) is 18.0. The number of rotatable bonds is 4. The minimum Gasteiger partial charge on any atom is -0.378 e. The monoisotopic (exact) mass is 399 g/mol. The average molecular weight is 399 g/mol. The molecule has 1 amide bonds. The van der Waals surface area contributed by atoms with E-state index in [-0.39, 0.29) is 11.7 Å². The molecule has 0 radical (unpaired) electrons. The highest BCUT2D eigenvalue weighted by Crippen LogP contribution is 2.24. The van der Waals surface area contributed by atoms with E-state index in [0.29, 0.717) is 43.2 Å². The molecule has 0 spiro atoms. The lowest BCUT2D eigenvalue weighted by atomic mass is 10.2. The lowest BCUT2D eigenvalue weighted by Crippen LogP contribution is -2.44. The van der Waals surface area contributed by atoms with E-state index in [4.69, 9.17) is 4.74 Å². The van der Waals surface area contributed by atoms with Crippen molar-refractivity contribution in [1.82, 2.24) is 9.88 Å². The number of piperazine rings is 1. The molecule has 7 nitrogen and oxygen atoms in total. The number of hydrogen-bond donors (Lipinski definition) is 1. The van der Waals surface area contributed by atoms with Gasteiger partial charge in [0.15, 0.2) is 0 Å². The van der Waals surface area contributed by atoms with E-state index in [1.807, 2.05) is 4.90 Å². The Kier molecular flexibility index (Phi) is 5.92. The van der Waals surface area contributed by atoms with Gasteiger partial charge in [-0.2, -0.15) is 0 Å². The Morgan fingerprint density at radius 3 is 2.52 bits per heavy atom. The first kappa shape index (κ1) is 19.6. The van der Waals surface area contributed by atoms with Crippen molar-refractivity contribution >= 4 is 23.1 Å². The van der Waals surface area contributed by atoms with Crippen molar-refractivity contribution < 1.29 is 13.9 Å². The summed E-state index contributed by atoms with van der Waals surface area (Å²) in [5.74, 6) is 0.165. The molecule has 0 saturated carbocycles. The zero-order valence-corrected chi connectivity index (χ0v) is 16.6. The highest BCUT2D eigenvalue weighted by Gasteiger charge is 2.18. The molecule has 1 aromatic heterocycles. The van der Waals surface area contributed by atoms with Crippen LogP contribution < -0.4 is 15.1 Å². The van der Waals surface area contributed by atoms with E-state index in [9.17, 15) is 9.18 Å². The third-order valence-corrected chi connectivity index (χ3v) is 5.39. The number of anilines is 3. The fourth-order valence-corrected chi connectivity index (χ4v) is 3.62. The number of hydrogen-bond acceptors (Lipinski definition) is 6. The third kappa shape index (κ3) is 4.65. The lowest BCUT2D eigenvalue weighted by molar-refractivity contribution is 0.102. The van der Waals surface area contributed by atoms with Crippen molar-refractivity contribution in [1.29, 1.82) is 0 Å². The second-order valence-corrected chi connectivity index (χ2v) is 7.41. The van der Waals surface area contributed by atoms with Gasteiger partial charge in [0.1, 0.15) is 11.6 Å². The molecule has 2 fully saturated rings. The number of likely N-dealkylation sites (N-methyl/N-ethyl adjacent to an activating group) is 1. The van der Waals surface area contributed by atoms with Gasteiger partial charge in [-0.1, -0.05) is 0 Å². The SMILES string of the molecule is CN1CCN(c2cc(C(=O)Nc3ccc(N4CCOCC4)c(F)c3)ccn2)CC1. The highest BCUT2D eigenvalue weighted by molar-refractivity contribution is 6.04. The average Bonchev–Trinajstić information content (AvgIpc) is 2.75. The fourth-order valence-electron chi connectivity index (χ4n) is 3.62. The lowest BCUT2D eigenvalue weighted by Gasteiger charge is -2.33. The predicted molar refractivity (Wildman–Crippen MR) is 111 cm³/mol. The predicted octanol–water partition coefficient (Wildman–Crippen LogP) is 2.06. The quantitative estimate of drug-likeness (QED) is 0.849. The van der Waals surface area contributed by atoms with Crippen molar-refractivity contribution in [3.05, 3.63) is 47.9 Å². The summed E-state index contributed by atoms with van der Waals surface area (Å²) < 4.78 is 19.9. The molecule has 0 bridgehead atoms. The van der Waals surface area contributed by atoms with E-state index < -0.39 is 0 Å². The molecule has 4 rings (SSSR count). The van der Waals surface area contributed by atoms with Gasteiger partial charge in [0.2, 0.25) is 0 Å². The molecule has 1 N–H and O–H groups in total. The number of carbonyl (C=O) groups is 1. The Labute approximate surface area is 170 Å². The summed E-state index contributed by atoms with van der Waals surface area (Å²) in [6.07, 6.45) is 1.64. The van der Waals surface area contributed by atoms with Crippen molar-refractivity contribution in [2.75, 3.05) is 74.6 Å². The number of carbonyl (C=O) groups excluding carboxylic acids is 1. The van der Waals surface area contributed by atoms with Crippen molar-refractivity contribution in [3.8, 4) is 0 Å². The first-order valence-electron chi connectivity index (χ1n) is 9.93. The van der Waals surface area contributed by atoms with E-state index in [2.05, 4.69) is 27.1 Å². The number of pyridine rings is 1. The van der Waals surface area contributed by atoms with Crippen LogP contribution in [-0.4, -0.2) is 75.3 Å². The van der Waals surface area contributed by atoms with Crippen LogP contribution in [0.2, 0.25) is 0 Å². The van der Waals surface area contributed by atoms with Gasteiger partial charge >= 0.3 is 0 Å². The summed E-state index contributed by atoms with van der Waals surface area (Å²) in [6.45, 7) is 6.19. The van der Waals surface area contributed by atoms with Gasteiger partial charge in [-0.3, -0.25) is 4.79 Å². The number of halogens is 1. The van der Waals surface area contributed by atoms with Crippen LogP contribution in [0.15, 0.2) is 36.5 Å². The van der Waals surface area contributed by atoms with Gasteiger partial charge in [0.25, 0.3) is 5.91 Å². The zero-order chi connectivity index (χ0) is 20.2. The standard InChI is InChI=1S/C21H26FN5O2/c1-25-6-8-27(9-7-25)20-14-16(4-5-23-20)21(28)24-17-2-3-19(18(22)15-17)26-10-12-29-13-11-26/h2-5,14-15H,6-13H2,1H3,(H,24,28). The Morgan fingerprint density at radius 1 is 1.03 bits per heavy atom. The van der Waals surface area contributed by atoms with E-state index in [1.54, 1.807) is 30.5 Å². The van der Waals surface area contributed by atoms with Gasteiger partial charge in [-0.05, 0) is 37.4 Å². The number of ether oxygens (including phenoxy) is 1. The topological polar surface area (TPSA) is 60.9 Å². The van der Waals surface area contributed by atoms with Crippen LogP contribution in [0, 0.1) is 5.82 Å². The molecule has 2 aromatic rings. The molecule has 154 valence electrons. The van der Waals surface area contributed by atoms with Gasteiger partial charge in [0.05, 0.1) is 18.9 Å². The number of amides is 1. The molecule has 1 aromatic carbocycles. The first-order valence-corrected chi connectivity index (χ1v) is 9.93. The molecule has 0 atom stereocenters. The molecule has 29 heavy (non-hydrogen) atoms. The van der Waals surface area contributed by atoms with Crippen LogP contribution in [0.3, 0.4) is 0 Å². The second-order valence-electron chi connectivity index (χ2n) is 7.41. The van der Waals surface area contributed by atoms with Crippen molar-refractivity contribution in [3.63, 3.8) is 0 Å². The Morgan fingerprint density at radius 2 is 1.79 bits per heavy atom. The maximum absolute atomic E-state index is 14.6. The largest absolute Gasteiger partial charge is 0.378 e. The van der Waals surface area contributed by atoms with Crippen LogP contribution in [0.25, 0.3) is 0 Å². The summed E-state index contributed by atoms with van der Waals surface area (Å²) in [4.78, 5) is 23.5. The van der Waals surface area contributed by atoms with Crippen LogP contribution >= 0.6 is 0 Å². The Hall–Kier alpha value is -2.71. The number of aromatic nitrogens is 1. The van der Waals surface area contributed by atoms with Gasteiger partial charge in [0, 0.05) is 56.7 Å². The summed E-state index contributed by atoms with van der Waals surface area (Å²) in [5.41, 5.74) is 1.47. The number of nitrogens with one attached hydrogen (secondary N) is 1. The zero-order valence-electron chi connectivity index (χ0n) is 16.6. The molecular formula is C21H26FN5O2. The molecule has 2 aliphatic rings. The highest BCUT2D eigenvalue weighted by atomic mass is 19.1. The van der Waals surface area contributed by atoms with Crippen LogP contribution in [0.1, 0.15) is 10.4 Å². The van der Waals surface area contributed by atoms with Crippen molar-refractivity contribution in [2.24, 2.45) is 0 Å². The second kappa shape index (κ2) is 8.75. The summed E-state index contributed by atoms with van der Waals surface area (Å²) in [5, 5.41) is 2.79. The fraction of sp³-hybridized carbons (Fsp3) is 0.429. The van der Waals surface area contributed by atoms with Gasteiger partial charge in [-0.25, -0.2) is 9.37 Å². The van der Waals surface area contributed by atoms with Crippen LogP contribution in [0.4, 0.5) is 21.6 Å². The summed E-state index contributed by atoms with van der Waals surface area (Å²) in [7, 11) is 2.10. The Bertz CT molecular complexity index is 864. The minimum absolute atomic E-state index is 0.277. The summed E-state index contributed by atoms with van der Waals surface area (Å²) >= 11 is 0. The number of benzene rings is 1. The molecule has 3 heterocycles. The van der Waals surface area contributed by atoms with Gasteiger partial charge < -0.3 is 24.8 Å². The number of morpholine rings is 1. The molecule has 0 unspecified atom stereocenters. The number of nitrogens with zero attached hydrogens (tertiary/aromatic N) is 4. The van der Waals surface area contributed by atoms with E-state index in [0.717, 1.165) is 32.0 Å². The molecule has 0 aliphatic carbocycles. The van der Waals surface area contributed by atoms with Gasteiger partial charge in [-0.15, -0.1) is 0 Å².